The summed E-state index contributed by atoms with van der Waals surface area (Å²) in [5.74, 6) is -2.29. The first-order valence-electron chi connectivity index (χ1n) is 8.33. The van der Waals surface area contributed by atoms with Crippen LogP contribution in [0.3, 0.4) is 0 Å². The van der Waals surface area contributed by atoms with Gasteiger partial charge in [0.25, 0.3) is 0 Å². The van der Waals surface area contributed by atoms with Gasteiger partial charge in [0.05, 0.1) is 4.88 Å². The molecule has 1 aromatic carbocycles. The highest BCUT2D eigenvalue weighted by Gasteiger charge is 2.31. The van der Waals surface area contributed by atoms with Gasteiger partial charge in [-0.25, -0.2) is 13.6 Å². The van der Waals surface area contributed by atoms with Crippen molar-refractivity contribution in [1.29, 1.82) is 0 Å². The fourth-order valence-corrected chi connectivity index (χ4v) is 3.52. The van der Waals surface area contributed by atoms with E-state index < -0.39 is 23.6 Å². The van der Waals surface area contributed by atoms with E-state index in [2.05, 4.69) is 10.5 Å². The van der Waals surface area contributed by atoms with Gasteiger partial charge in [-0.3, -0.25) is 15.0 Å². The van der Waals surface area contributed by atoms with E-state index in [0.717, 1.165) is 17.0 Å². The zero-order valence-electron chi connectivity index (χ0n) is 14.4. The lowest BCUT2D eigenvalue weighted by Crippen LogP contribution is -2.37. The molecule has 0 bridgehead atoms. The molecule has 0 saturated carbocycles. The Bertz CT molecular complexity index is 1020. The molecular formula is C18H14F2N4O3S. The second kappa shape index (κ2) is 7.39. The van der Waals surface area contributed by atoms with Crippen LogP contribution in [0.15, 0.2) is 46.3 Å². The molecule has 3 aromatic rings. The molecule has 1 fully saturated rings. The Labute approximate surface area is 162 Å². The molecule has 0 unspecified atom stereocenters. The fraction of sp³-hybridized carbons (Fsp3) is 0.167. The summed E-state index contributed by atoms with van der Waals surface area (Å²) < 4.78 is 31.6. The van der Waals surface area contributed by atoms with Crippen molar-refractivity contribution in [2.75, 3.05) is 29.9 Å². The monoisotopic (exact) mass is 404 g/mol. The quantitative estimate of drug-likeness (QED) is 0.705. The van der Waals surface area contributed by atoms with E-state index in [-0.39, 0.29) is 31.2 Å². The van der Waals surface area contributed by atoms with Gasteiger partial charge in [0.1, 0.15) is 12.2 Å². The largest absolute Gasteiger partial charge is 0.338 e. The number of aromatic nitrogens is 1. The predicted octanol–water partition coefficient (Wildman–Crippen LogP) is 3.56. The number of anilines is 2. The molecule has 1 aliphatic heterocycles. The summed E-state index contributed by atoms with van der Waals surface area (Å²) in [5, 5.41) is 8.35. The Hall–Kier alpha value is -3.27. The summed E-state index contributed by atoms with van der Waals surface area (Å²) in [6.45, 7) is 0.345. The van der Waals surface area contributed by atoms with Crippen molar-refractivity contribution in [2.45, 2.75) is 0 Å². The standard InChI is InChI=1S/C18H14F2N4O3S/c19-12-4-3-11(8-13(12)20)24-6-5-23(18(24)26)10-16(25)21-17-9-14(22-27-17)15-2-1-7-28-15/h1-4,7-9H,5-6,10H2,(H,21,25). The molecule has 0 aliphatic carbocycles. The van der Waals surface area contributed by atoms with Crippen molar-refractivity contribution >= 4 is 34.8 Å². The van der Waals surface area contributed by atoms with Gasteiger partial charge < -0.3 is 9.42 Å². The third kappa shape index (κ3) is 3.58. The van der Waals surface area contributed by atoms with Gasteiger partial charge >= 0.3 is 6.03 Å². The molecular weight excluding hydrogens is 390 g/mol. The Balaban J connectivity index is 1.37. The molecule has 0 spiro atoms. The lowest BCUT2D eigenvalue weighted by molar-refractivity contribution is -0.116. The van der Waals surface area contributed by atoms with Crippen LogP contribution in [0.5, 0.6) is 0 Å². The molecule has 144 valence electrons. The van der Waals surface area contributed by atoms with Gasteiger partial charge in [-0.15, -0.1) is 11.3 Å². The minimum atomic E-state index is -1.03. The Morgan fingerprint density at radius 1 is 1.21 bits per heavy atom. The highest BCUT2D eigenvalue weighted by molar-refractivity contribution is 7.13. The SMILES string of the molecule is O=C(CN1CCN(c2ccc(F)c(F)c2)C1=O)Nc1cc(-c2cccs2)no1. The van der Waals surface area contributed by atoms with Crippen molar-refractivity contribution in [1.82, 2.24) is 10.1 Å². The Kier molecular flexibility index (Phi) is 4.78. The lowest BCUT2D eigenvalue weighted by atomic mass is 10.3. The lowest BCUT2D eigenvalue weighted by Gasteiger charge is -2.18. The average Bonchev–Trinajstić information content (AvgIpc) is 3.40. The first-order chi connectivity index (χ1) is 13.5. The van der Waals surface area contributed by atoms with Crippen LogP contribution in [0.4, 0.5) is 25.1 Å². The minimum Gasteiger partial charge on any atom is -0.338 e. The van der Waals surface area contributed by atoms with Crippen LogP contribution in [0, 0.1) is 11.6 Å². The molecule has 1 aliphatic rings. The number of benzene rings is 1. The molecule has 0 atom stereocenters. The summed E-state index contributed by atoms with van der Waals surface area (Å²) in [6.07, 6.45) is 0. The van der Waals surface area contributed by atoms with Crippen molar-refractivity contribution in [3.63, 3.8) is 0 Å². The van der Waals surface area contributed by atoms with Gasteiger partial charge in [0.15, 0.2) is 11.6 Å². The second-order valence-corrected chi connectivity index (χ2v) is 7.00. The van der Waals surface area contributed by atoms with E-state index >= 15 is 0 Å². The summed E-state index contributed by atoms with van der Waals surface area (Å²) in [6, 6.07) is 8.14. The first kappa shape index (κ1) is 18.1. The van der Waals surface area contributed by atoms with Gasteiger partial charge in [0, 0.05) is 30.9 Å². The van der Waals surface area contributed by atoms with Crippen LogP contribution in [-0.4, -0.2) is 41.6 Å². The number of thiophene rings is 1. The van der Waals surface area contributed by atoms with Crippen molar-refractivity contribution in [2.24, 2.45) is 0 Å². The fourth-order valence-electron chi connectivity index (χ4n) is 2.85. The first-order valence-corrected chi connectivity index (χ1v) is 9.21. The zero-order chi connectivity index (χ0) is 19.7. The summed E-state index contributed by atoms with van der Waals surface area (Å²) >= 11 is 1.49. The number of halogens is 2. The average molecular weight is 404 g/mol. The molecule has 10 heteroatoms. The second-order valence-electron chi connectivity index (χ2n) is 6.06. The Morgan fingerprint density at radius 2 is 2.07 bits per heavy atom. The Morgan fingerprint density at radius 3 is 2.82 bits per heavy atom. The number of amides is 3. The molecule has 3 heterocycles. The molecule has 1 N–H and O–H groups in total. The van der Waals surface area contributed by atoms with Gasteiger partial charge in [-0.2, -0.15) is 0 Å². The molecule has 4 rings (SSSR count). The number of rotatable bonds is 5. The van der Waals surface area contributed by atoms with Crippen LogP contribution in [0.2, 0.25) is 0 Å². The highest BCUT2D eigenvalue weighted by Crippen LogP contribution is 2.26. The maximum atomic E-state index is 13.4. The van der Waals surface area contributed by atoms with Crippen LogP contribution in [0.25, 0.3) is 10.6 Å². The van der Waals surface area contributed by atoms with Gasteiger partial charge in [0.2, 0.25) is 11.8 Å². The van der Waals surface area contributed by atoms with E-state index in [1.54, 1.807) is 6.07 Å². The van der Waals surface area contributed by atoms with Crippen molar-refractivity contribution < 1.29 is 22.9 Å². The normalized spacial score (nSPS) is 14.0. The number of carbonyl (C=O) groups is 2. The molecule has 0 radical (unpaired) electrons. The van der Waals surface area contributed by atoms with E-state index in [1.165, 1.54) is 27.2 Å². The maximum Gasteiger partial charge on any atom is 0.325 e. The molecule has 3 amide bonds. The molecule has 7 nitrogen and oxygen atoms in total. The third-order valence-electron chi connectivity index (χ3n) is 4.19. The van der Waals surface area contributed by atoms with Gasteiger partial charge in [-0.05, 0) is 23.6 Å². The van der Waals surface area contributed by atoms with Crippen LogP contribution < -0.4 is 10.2 Å². The van der Waals surface area contributed by atoms with Crippen LogP contribution in [0.1, 0.15) is 0 Å². The number of urea groups is 1. The van der Waals surface area contributed by atoms with Crippen molar-refractivity contribution in [3.05, 3.63) is 53.4 Å². The third-order valence-corrected chi connectivity index (χ3v) is 5.08. The van der Waals surface area contributed by atoms with Crippen LogP contribution >= 0.6 is 11.3 Å². The van der Waals surface area contributed by atoms with E-state index in [9.17, 15) is 18.4 Å². The number of nitrogens with zero attached hydrogens (tertiary/aromatic N) is 3. The number of nitrogens with one attached hydrogen (secondary N) is 1. The topological polar surface area (TPSA) is 78.7 Å². The smallest absolute Gasteiger partial charge is 0.325 e. The number of carbonyl (C=O) groups excluding carboxylic acids is 2. The number of hydrogen-bond acceptors (Lipinski definition) is 5. The van der Waals surface area contributed by atoms with Gasteiger partial charge in [-0.1, -0.05) is 11.2 Å². The zero-order valence-corrected chi connectivity index (χ0v) is 15.2. The van der Waals surface area contributed by atoms with E-state index in [0.29, 0.717) is 5.69 Å². The molecule has 2 aromatic heterocycles. The summed E-state index contributed by atoms with van der Waals surface area (Å²) in [7, 11) is 0. The van der Waals surface area contributed by atoms with E-state index in [1.807, 2.05) is 17.5 Å². The predicted molar refractivity (Wildman–Crippen MR) is 99.1 cm³/mol. The van der Waals surface area contributed by atoms with Crippen molar-refractivity contribution in [3.8, 4) is 10.6 Å². The highest BCUT2D eigenvalue weighted by atomic mass is 32.1. The number of hydrogen-bond donors (Lipinski definition) is 1. The summed E-state index contributed by atoms with van der Waals surface area (Å²) in [4.78, 5) is 28.2. The maximum absolute atomic E-state index is 13.4. The van der Waals surface area contributed by atoms with Crippen LogP contribution in [-0.2, 0) is 4.79 Å². The molecule has 1 saturated heterocycles. The minimum absolute atomic E-state index is 0.178. The summed E-state index contributed by atoms with van der Waals surface area (Å²) in [5.41, 5.74) is 0.842. The van der Waals surface area contributed by atoms with E-state index in [4.69, 9.17) is 4.52 Å². The molecule has 28 heavy (non-hydrogen) atoms.